The molecule has 3 heterocycles. The number of methoxy groups -OCH3 is 2. The Bertz CT molecular complexity index is 1030. The SMILES string of the molecule is COc1ccc(OC)c2c1OCC(CNCC1CCN(c3nc4ccccc4s3)CC1)O2. The van der Waals surface area contributed by atoms with E-state index < -0.39 is 0 Å². The number of benzene rings is 2. The summed E-state index contributed by atoms with van der Waals surface area (Å²) in [4.78, 5) is 7.24. The third-order valence-electron chi connectivity index (χ3n) is 6.15. The van der Waals surface area contributed by atoms with Crippen molar-refractivity contribution in [2.24, 2.45) is 5.92 Å². The number of aromatic nitrogens is 1. The van der Waals surface area contributed by atoms with Gasteiger partial charge < -0.3 is 29.2 Å². The van der Waals surface area contributed by atoms with Crippen molar-refractivity contribution in [1.29, 1.82) is 0 Å². The van der Waals surface area contributed by atoms with Gasteiger partial charge in [-0.3, -0.25) is 0 Å². The van der Waals surface area contributed by atoms with Crippen LogP contribution in [-0.2, 0) is 0 Å². The Morgan fingerprint density at radius 3 is 2.53 bits per heavy atom. The Labute approximate surface area is 192 Å². The van der Waals surface area contributed by atoms with E-state index in [4.69, 9.17) is 23.9 Å². The summed E-state index contributed by atoms with van der Waals surface area (Å²) < 4.78 is 24.2. The highest BCUT2D eigenvalue weighted by Gasteiger charge is 2.28. The first-order valence-electron chi connectivity index (χ1n) is 11.1. The summed E-state index contributed by atoms with van der Waals surface area (Å²) in [6.07, 6.45) is 2.27. The monoisotopic (exact) mass is 455 g/mol. The topological polar surface area (TPSA) is 65.1 Å². The molecule has 2 aliphatic rings. The number of piperidine rings is 1. The largest absolute Gasteiger partial charge is 0.493 e. The first-order chi connectivity index (χ1) is 15.7. The van der Waals surface area contributed by atoms with Crippen LogP contribution in [0.1, 0.15) is 12.8 Å². The molecule has 1 saturated heterocycles. The van der Waals surface area contributed by atoms with E-state index in [1.807, 2.05) is 12.1 Å². The number of ether oxygens (including phenoxy) is 4. The first kappa shape index (κ1) is 21.2. The third-order valence-corrected chi connectivity index (χ3v) is 7.25. The fraction of sp³-hybridized carbons (Fsp3) is 0.458. The Morgan fingerprint density at radius 2 is 1.78 bits per heavy atom. The van der Waals surface area contributed by atoms with E-state index in [0.717, 1.165) is 36.8 Å². The highest BCUT2D eigenvalue weighted by Crippen LogP contribution is 2.46. The Kier molecular flexibility index (Phi) is 6.23. The summed E-state index contributed by atoms with van der Waals surface area (Å²) in [5.41, 5.74) is 1.10. The molecule has 0 radical (unpaired) electrons. The summed E-state index contributed by atoms with van der Waals surface area (Å²) >= 11 is 1.79. The zero-order valence-electron chi connectivity index (χ0n) is 18.5. The molecule has 1 unspecified atom stereocenters. The second-order valence-corrected chi connectivity index (χ2v) is 9.24. The van der Waals surface area contributed by atoms with Crippen LogP contribution in [0.15, 0.2) is 36.4 Å². The molecule has 0 spiro atoms. The average molecular weight is 456 g/mol. The van der Waals surface area contributed by atoms with Gasteiger partial charge in [-0.15, -0.1) is 0 Å². The molecule has 0 saturated carbocycles. The quantitative estimate of drug-likeness (QED) is 0.579. The number of anilines is 1. The predicted octanol–water partition coefficient (Wildman–Crippen LogP) is 3.96. The van der Waals surface area contributed by atoms with E-state index in [-0.39, 0.29) is 6.10 Å². The minimum atomic E-state index is -0.0636. The van der Waals surface area contributed by atoms with Crippen LogP contribution in [0.2, 0.25) is 0 Å². The molecule has 0 bridgehead atoms. The number of hydrogen-bond acceptors (Lipinski definition) is 8. The van der Waals surface area contributed by atoms with Crippen LogP contribution in [0.25, 0.3) is 10.2 Å². The zero-order valence-corrected chi connectivity index (χ0v) is 19.3. The minimum Gasteiger partial charge on any atom is -0.493 e. The normalized spacial score (nSPS) is 18.7. The van der Waals surface area contributed by atoms with Gasteiger partial charge in [-0.25, -0.2) is 4.98 Å². The number of thiazole rings is 1. The lowest BCUT2D eigenvalue weighted by molar-refractivity contribution is 0.0824. The first-order valence-corrected chi connectivity index (χ1v) is 11.9. The number of rotatable bonds is 7. The lowest BCUT2D eigenvalue weighted by atomic mass is 9.97. The summed E-state index contributed by atoms with van der Waals surface area (Å²) in [5, 5.41) is 4.74. The fourth-order valence-corrected chi connectivity index (χ4v) is 5.36. The molecule has 2 aliphatic heterocycles. The Morgan fingerprint density at radius 1 is 1.03 bits per heavy atom. The molecule has 7 nitrogen and oxygen atoms in total. The molecule has 1 atom stereocenters. The molecular weight excluding hydrogens is 426 g/mol. The number of nitrogens with one attached hydrogen (secondary N) is 1. The summed E-state index contributed by atoms with van der Waals surface area (Å²) in [6.45, 7) is 4.31. The second kappa shape index (κ2) is 9.42. The maximum atomic E-state index is 6.18. The summed E-state index contributed by atoms with van der Waals surface area (Å²) in [5.74, 6) is 3.21. The van der Waals surface area contributed by atoms with Crippen molar-refractivity contribution in [3.63, 3.8) is 0 Å². The van der Waals surface area contributed by atoms with Crippen molar-refractivity contribution in [2.75, 3.05) is 51.9 Å². The molecule has 0 amide bonds. The van der Waals surface area contributed by atoms with Crippen LogP contribution >= 0.6 is 11.3 Å². The Hall–Kier alpha value is -2.71. The lowest BCUT2D eigenvalue weighted by Gasteiger charge is -2.32. The van der Waals surface area contributed by atoms with Gasteiger partial charge in [0.1, 0.15) is 12.7 Å². The zero-order chi connectivity index (χ0) is 21.9. The van der Waals surface area contributed by atoms with Crippen molar-refractivity contribution >= 4 is 26.7 Å². The number of nitrogens with zero attached hydrogens (tertiary/aromatic N) is 2. The Balaban J connectivity index is 1.10. The standard InChI is InChI=1S/C24H29N3O4S/c1-28-19-7-8-20(29-2)23-22(19)30-15-17(31-23)14-25-13-16-9-11-27(12-10-16)24-26-18-5-3-4-6-21(18)32-24/h3-8,16-17,25H,9-15H2,1-2H3. The highest BCUT2D eigenvalue weighted by molar-refractivity contribution is 7.22. The van der Waals surface area contributed by atoms with Gasteiger partial charge in [-0.1, -0.05) is 23.5 Å². The lowest BCUT2D eigenvalue weighted by Crippen LogP contribution is -2.42. The van der Waals surface area contributed by atoms with Gasteiger partial charge >= 0.3 is 0 Å². The molecule has 1 N–H and O–H groups in total. The number of para-hydroxylation sites is 1. The van der Waals surface area contributed by atoms with Gasteiger partial charge in [0.15, 0.2) is 16.6 Å². The van der Waals surface area contributed by atoms with Gasteiger partial charge in [0.2, 0.25) is 11.5 Å². The third kappa shape index (κ3) is 4.29. The maximum absolute atomic E-state index is 6.18. The van der Waals surface area contributed by atoms with Crippen molar-refractivity contribution in [3.8, 4) is 23.0 Å². The van der Waals surface area contributed by atoms with Crippen LogP contribution in [0.5, 0.6) is 23.0 Å². The molecule has 5 rings (SSSR count). The van der Waals surface area contributed by atoms with Gasteiger partial charge in [-0.2, -0.15) is 0 Å². The predicted molar refractivity (Wildman–Crippen MR) is 127 cm³/mol. The molecule has 1 fully saturated rings. The smallest absolute Gasteiger partial charge is 0.207 e. The summed E-state index contributed by atoms with van der Waals surface area (Å²) in [7, 11) is 3.26. The van der Waals surface area contributed by atoms with Crippen LogP contribution in [-0.4, -0.2) is 58.1 Å². The van der Waals surface area contributed by atoms with Crippen LogP contribution < -0.4 is 29.2 Å². The van der Waals surface area contributed by atoms with Crippen molar-refractivity contribution in [2.45, 2.75) is 18.9 Å². The maximum Gasteiger partial charge on any atom is 0.207 e. The molecule has 32 heavy (non-hydrogen) atoms. The van der Waals surface area contributed by atoms with E-state index in [2.05, 4.69) is 34.5 Å². The van der Waals surface area contributed by atoms with Crippen LogP contribution in [0.3, 0.4) is 0 Å². The molecule has 8 heteroatoms. The van der Waals surface area contributed by atoms with E-state index in [1.165, 1.54) is 17.5 Å². The van der Waals surface area contributed by atoms with E-state index in [0.29, 0.717) is 35.5 Å². The van der Waals surface area contributed by atoms with Gasteiger partial charge in [0, 0.05) is 19.6 Å². The average Bonchev–Trinajstić information content (AvgIpc) is 3.28. The van der Waals surface area contributed by atoms with Crippen molar-refractivity contribution < 1.29 is 18.9 Å². The highest BCUT2D eigenvalue weighted by atomic mass is 32.1. The molecule has 0 aliphatic carbocycles. The van der Waals surface area contributed by atoms with E-state index in [9.17, 15) is 0 Å². The molecule has 170 valence electrons. The van der Waals surface area contributed by atoms with Crippen LogP contribution in [0.4, 0.5) is 5.13 Å². The van der Waals surface area contributed by atoms with Gasteiger partial charge in [-0.05, 0) is 49.6 Å². The summed E-state index contributed by atoms with van der Waals surface area (Å²) in [6, 6.07) is 12.0. The number of hydrogen-bond donors (Lipinski definition) is 1. The van der Waals surface area contributed by atoms with Gasteiger partial charge in [0.05, 0.1) is 24.4 Å². The van der Waals surface area contributed by atoms with Crippen molar-refractivity contribution in [1.82, 2.24) is 10.3 Å². The molecule has 2 aromatic carbocycles. The molecular formula is C24H29N3O4S. The number of fused-ring (bicyclic) bond motifs is 2. The minimum absolute atomic E-state index is 0.0636. The van der Waals surface area contributed by atoms with Crippen LogP contribution in [0, 0.1) is 5.92 Å². The molecule has 3 aromatic rings. The van der Waals surface area contributed by atoms with Crippen molar-refractivity contribution in [3.05, 3.63) is 36.4 Å². The van der Waals surface area contributed by atoms with E-state index >= 15 is 0 Å². The van der Waals surface area contributed by atoms with Gasteiger partial charge in [0.25, 0.3) is 0 Å². The molecule has 1 aromatic heterocycles. The second-order valence-electron chi connectivity index (χ2n) is 8.23. The van der Waals surface area contributed by atoms with E-state index in [1.54, 1.807) is 25.6 Å². The fourth-order valence-electron chi connectivity index (χ4n) is 4.35.